The molecule has 0 heterocycles. The molecule has 1 amide bonds. The van der Waals surface area contributed by atoms with Crippen LogP contribution >= 0.6 is 15.9 Å². The number of carbonyl (C=O) groups excluding carboxylic acids is 1. The van der Waals surface area contributed by atoms with Crippen LogP contribution in [0.25, 0.3) is 0 Å². The van der Waals surface area contributed by atoms with E-state index in [0.717, 1.165) is 5.57 Å². The van der Waals surface area contributed by atoms with E-state index in [9.17, 15) is 9.90 Å². The molecule has 0 aromatic carbocycles. The van der Waals surface area contributed by atoms with Crippen molar-refractivity contribution in [1.82, 2.24) is 10.6 Å². The first-order valence-corrected chi connectivity index (χ1v) is 8.89. The largest absolute Gasteiger partial charge is 0.391 e. The Hall–Kier alpha value is -0.390. The number of nitrogens with one attached hydrogen (secondary N) is 2. The number of aliphatic hydroxyl groups is 1. The van der Waals surface area contributed by atoms with Gasteiger partial charge in [-0.25, -0.2) is 0 Å². The molecule has 3 N–H and O–H groups in total. The summed E-state index contributed by atoms with van der Waals surface area (Å²) in [6, 6.07) is 0. The number of carbonyl (C=O) groups is 1. The highest BCUT2D eigenvalue weighted by atomic mass is 79.9. The lowest BCUT2D eigenvalue weighted by Gasteiger charge is -2.40. The van der Waals surface area contributed by atoms with E-state index in [4.69, 9.17) is 0 Å². The molecule has 1 unspecified atom stereocenters. The SMILES string of the molecule is CN[C@@](C)(/C=C(\C)C(C)(C)C(C)(C)Br)C(=O)NC(C)(C)C(C)O. The minimum atomic E-state index is -0.855. The van der Waals surface area contributed by atoms with E-state index in [0.29, 0.717) is 0 Å². The van der Waals surface area contributed by atoms with Crippen molar-refractivity contribution < 1.29 is 9.90 Å². The predicted octanol–water partition coefficient (Wildman–Crippen LogP) is 3.39. The summed E-state index contributed by atoms with van der Waals surface area (Å²) in [5.74, 6) is -0.159. The number of hydrogen-bond donors (Lipinski definition) is 3. The Morgan fingerprint density at radius 1 is 1.13 bits per heavy atom. The van der Waals surface area contributed by atoms with Gasteiger partial charge in [0.1, 0.15) is 5.54 Å². The van der Waals surface area contributed by atoms with Gasteiger partial charge in [0.25, 0.3) is 0 Å². The second kappa shape index (κ2) is 7.24. The van der Waals surface area contributed by atoms with Crippen LogP contribution < -0.4 is 10.6 Å². The third kappa shape index (κ3) is 5.30. The van der Waals surface area contributed by atoms with E-state index < -0.39 is 17.2 Å². The van der Waals surface area contributed by atoms with Crippen molar-refractivity contribution in [3.05, 3.63) is 11.6 Å². The summed E-state index contributed by atoms with van der Waals surface area (Å²) in [6.45, 7) is 17.8. The van der Waals surface area contributed by atoms with Crippen molar-refractivity contribution in [2.24, 2.45) is 5.41 Å². The molecule has 0 aromatic heterocycles. The molecular weight excluding hydrogens is 356 g/mol. The van der Waals surface area contributed by atoms with Gasteiger partial charge in [-0.15, -0.1) is 0 Å². The van der Waals surface area contributed by atoms with Gasteiger partial charge in [0.15, 0.2) is 0 Å². The van der Waals surface area contributed by atoms with Gasteiger partial charge >= 0.3 is 0 Å². The van der Waals surface area contributed by atoms with E-state index in [2.05, 4.69) is 54.3 Å². The molecule has 0 aliphatic rings. The third-order valence-corrected chi connectivity index (χ3v) is 6.44. The fourth-order valence-electron chi connectivity index (χ4n) is 1.86. The van der Waals surface area contributed by atoms with Crippen molar-refractivity contribution in [3.8, 4) is 0 Å². The second-order valence-electron chi connectivity index (χ2n) is 8.23. The summed E-state index contributed by atoms with van der Waals surface area (Å²) in [5, 5.41) is 15.9. The van der Waals surface area contributed by atoms with Gasteiger partial charge in [0.05, 0.1) is 11.6 Å². The third-order valence-electron chi connectivity index (χ3n) is 5.45. The fraction of sp³-hybridized carbons (Fsp3) is 0.833. The molecule has 0 aromatic rings. The molecular formula is C18H35BrN2O2. The zero-order valence-corrected chi connectivity index (χ0v) is 18.0. The van der Waals surface area contributed by atoms with Crippen LogP contribution in [0.1, 0.15) is 62.3 Å². The maximum absolute atomic E-state index is 12.8. The van der Waals surface area contributed by atoms with Crippen molar-refractivity contribution in [2.75, 3.05) is 7.05 Å². The molecule has 23 heavy (non-hydrogen) atoms. The Balaban J connectivity index is 5.64. The number of aliphatic hydroxyl groups excluding tert-OH is 1. The number of amides is 1. The van der Waals surface area contributed by atoms with Gasteiger partial charge < -0.3 is 15.7 Å². The van der Waals surface area contributed by atoms with E-state index in [1.165, 1.54) is 0 Å². The number of hydrogen-bond acceptors (Lipinski definition) is 3. The monoisotopic (exact) mass is 390 g/mol. The summed E-state index contributed by atoms with van der Waals surface area (Å²) in [6.07, 6.45) is 1.33. The Bertz CT molecular complexity index is 462. The van der Waals surface area contributed by atoms with Crippen LogP contribution in [0.15, 0.2) is 11.6 Å². The highest BCUT2D eigenvalue weighted by molar-refractivity contribution is 9.10. The second-order valence-corrected chi connectivity index (χ2v) is 10.2. The zero-order chi connectivity index (χ0) is 18.9. The highest BCUT2D eigenvalue weighted by Gasteiger charge is 2.40. The van der Waals surface area contributed by atoms with Crippen LogP contribution in [0.2, 0.25) is 0 Å². The van der Waals surface area contributed by atoms with E-state index in [-0.39, 0.29) is 15.6 Å². The van der Waals surface area contributed by atoms with Crippen LogP contribution in [-0.4, -0.2) is 39.6 Å². The van der Waals surface area contributed by atoms with Crippen LogP contribution in [0, 0.1) is 5.41 Å². The summed E-state index contributed by atoms with van der Waals surface area (Å²) < 4.78 is -0.107. The summed E-state index contributed by atoms with van der Waals surface area (Å²) >= 11 is 3.74. The van der Waals surface area contributed by atoms with Gasteiger partial charge in [-0.3, -0.25) is 4.79 Å². The molecule has 0 radical (unpaired) electrons. The molecule has 0 rings (SSSR count). The average molecular weight is 391 g/mol. The highest BCUT2D eigenvalue weighted by Crippen LogP contribution is 2.44. The normalized spacial score (nSPS) is 18.3. The Morgan fingerprint density at radius 2 is 1.57 bits per heavy atom. The van der Waals surface area contributed by atoms with Gasteiger partial charge in [-0.05, 0) is 55.5 Å². The summed E-state index contributed by atoms with van der Waals surface area (Å²) in [4.78, 5) is 12.8. The lowest BCUT2D eigenvalue weighted by atomic mass is 9.73. The lowest BCUT2D eigenvalue weighted by Crippen LogP contribution is -2.60. The molecule has 136 valence electrons. The van der Waals surface area contributed by atoms with Gasteiger partial charge in [-0.1, -0.05) is 41.4 Å². The molecule has 0 fully saturated rings. The number of halogens is 1. The standard InChI is InChI=1S/C18H35BrN2O2/c1-12(15(3,4)17(7,8)19)11-18(9,20-10)14(23)21-16(5,6)13(2)22/h11,13,20,22H,1-10H3,(H,21,23)/b12-11+/t13?,18-/m0/s1. The van der Waals surface area contributed by atoms with Crippen LogP contribution in [0.4, 0.5) is 0 Å². The summed E-state index contributed by atoms with van der Waals surface area (Å²) in [7, 11) is 1.77. The van der Waals surface area contributed by atoms with E-state index in [1.807, 2.05) is 33.8 Å². The van der Waals surface area contributed by atoms with Crippen LogP contribution in [-0.2, 0) is 4.79 Å². The molecule has 5 heteroatoms. The number of alkyl halides is 1. The maximum atomic E-state index is 12.8. The van der Waals surface area contributed by atoms with Crippen LogP contribution in [0.3, 0.4) is 0 Å². The predicted molar refractivity (Wildman–Crippen MR) is 102 cm³/mol. The first kappa shape index (κ1) is 22.6. The number of rotatable bonds is 7. The number of allylic oxidation sites excluding steroid dienone is 1. The Labute approximate surface area is 150 Å². The Morgan fingerprint density at radius 3 is 1.87 bits per heavy atom. The van der Waals surface area contributed by atoms with Gasteiger partial charge in [-0.2, -0.15) is 0 Å². The fourth-order valence-corrected chi connectivity index (χ4v) is 2.17. The molecule has 0 saturated carbocycles. The van der Waals surface area contributed by atoms with E-state index >= 15 is 0 Å². The lowest BCUT2D eigenvalue weighted by molar-refractivity contribution is -0.128. The minimum Gasteiger partial charge on any atom is -0.391 e. The minimum absolute atomic E-state index is 0.107. The van der Waals surface area contributed by atoms with Gasteiger partial charge in [0.2, 0.25) is 5.91 Å². The first-order valence-electron chi connectivity index (χ1n) is 8.09. The average Bonchev–Trinajstić information content (AvgIpc) is 2.36. The molecule has 0 aliphatic heterocycles. The molecule has 0 spiro atoms. The van der Waals surface area contributed by atoms with Crippen LogP contribution in [0.5, 0.6) is 0 Å². The smallest absolute Gasteiger partial charge is 0.244 e. The van der Waals surface area contributed by atoms with Crippen molar-refractivity contribution in [3.63, 3.8) is 0 Å². The number of likely N-dealkylation sites (N-methyl/N-ethyl adjacent to an activating group) is 1. The topological polar surface area (TPSA) is 61.4 Å². The van der Waals surface area contributed by atoms with Crippen molar-refractivity contribution >= 4 is 21.8 Å². The quantitative estimate of drug-likeness (QED) is 0.461. The first-order chi connectivity index (χ1) is 10.0. The van der Waals surface area contributed by atoms with Crippen molar-refractivity contribution in [2.45, 2.75) is 83.8 Å². The molecule has 2 atom stereocenters. The molecule has 4 nitrogen and oxygen atoms in total. The molecule has 0 aliphatic carbocycles. The maximum Gasteiger partial charge on any atom is 0.244 e. The molecule has 0 saturated heterocycles. The zero-order valence-electron chi connectivity index (χ0n) is 16.4. The van der Waals surface area contributed by atoms with E-state index in [1.54, 1.807) is 14.0 Å². The molecule has 0 bridgehead atoms. The summed E-state index contributed by atoms with van der Waals surface area (Å²) in [5.41, 5.74) is -0.570. The van der Waals surface area contributed by atoms with Gasteiger partial charge in [0, 0.05) is 9.74 Å². The Kier molecular flexibility index (Phi) is 7.12. The van der Waals surface area contributed by atoms with Crippen molar-refractivity contribution in [1.29, 1.82) is 0 Å².